The Bertz CT molecular complexity index is 998. The molecule has 4 rings (SSSR count). The normalized spacial score (nSPS) is 11.8. The Balaban J connectivity index is 1.73. The molecule has 0 aliphatic rings. The van der Waals surface area contributed by atoms with Crippen LogP contribution in [0.3, 0.4) is 0 Å². The maximum absolute atomic E-state index is 5.88. The van der Waals surface area contributed by atoms with E-state index in [-0.39, 0.29) is 0 Å². The van der Waals surface area contributed by atoms with E-state index in [0.29, 0.717) is 18.0 Å². The molecule has 0 amide bonds. The van der Waals surface area contributed by atoms with Gasteiger partial charge in [-0.25, -0.2) is 14.5 Å². The smallest absolute Gasteiger partial charge is 0.167 e. The van der Waals surface area contributed by atoms with Gasteiger partial charge in [-0.2, -0.15) is 5.10 Å². The number of thiophene rings is 1. The van der Waals surface area contributed by atoms with Gasteiger partial charge >= 0.3 is 0 Å². The number of aromatic nitrogens is 6. The van der Waals surface area contributed by atoms with Gasteiger partial charge in [0.25, 0.3) is 0 Å². The third kappa shape index (κ3) is 2.49. The summed E-state index contributed by atoms with van der Waals surface area (Å²) in [5.41, 5.74) is 2.21. The van der Waals surface area contributed by atoms with E-state index in [1.165, 1.54) is 10.4 Å². The van der Waals surface area contributed by atoms with Crippen LogP contribution in [0.1, 0.15) is 23.2 Å². The molecule has 0 aliphatic heterocycles. The Hall–Kier alpha value is -1.99. The fraction of sp³-hybridized carbons (Fsp3) is 0.333. The SMILES string of the molecule is CCc1c(C)sc2ncn3nc(CCn4cc(Cl)cn4)nc3c12. The van der Waals surface area contributed by atoms with Crippen LogP contribution in [0.2, 0.25) is 5.02 Å². The van der Waals surface area contributed by atoms with Gasteiger partial charge < -0.3 is 0 Å². The standard InChI is InChI=1S/C15H15ClN6S/c1-3-11-9(2)23-15-13(11)14-19-12(20-22(14)8-17-15)4-5-21-7-10(16)6-18-21/h6-8H,3-5H2,1-2H3. The number of aryl methyl sites for hydroxylation is 4. The lowest BCUT2D eigenvalue weighted by Crippen LogP contribution is -2.02. The van der Waals surface area contributed by atoms with Crippen LogP contribution in [-0.2, 0) is 19.4 Å². The molecule has 0 atom stereocenters. The highest BCUT2D eigenvalue weighted by Crippen LogP contribution is 2.31. The van der Waals surface area contributed by atoms with Crippen LogP contribution >= 0.6 is 22.9 Å². The van der Waals surface area contributed by atoms with E-state index in [1.807, 2.05) is 0 Å². The van der Waals surface area contributed by atoms with Crippen molar-refractivity contribution < 1.29 is 0 Å². The fourth-order valence-corrected chi connectivity index (χ4v) is 4.05. The zero-order valence-corrected chi connectivity index (χ0v) is 14.4. The lowest BCUT2D eigenvalue weighted by atomic mass is 10.1. The van der Waals surface area contributed by atoms with Gasteiger partial charge in [0, 0.05) is 24.0 Å². The van der Waals surface area contributed by atoms with Crippen molar-refractivity contribution in [2.45, 2.75) is 33.2 Å². The van der Waals surface area contributed by atoms with Crippen molar-refractivity contribution in [2.75, 3.05) is 0 Å². The summed E-state index contributed by atoms with van der Waals surface area (Å²) in [4.78, 5) is 11.6. The van der Waals surface area contributed by atoms with Gasteiger partial charge in [0.2, 0.25) is 0 Å². The Labute approximate surface area is 141 Å². The van der Waals surface area contributed by atoms with Crippen LogP contribution < -0.4 is 0 Å². The van der Waals surface area contributed by atoms with Crippen molar-refractivity contribution in [3.8, 4) is 0 Å². The molecule has 4 aromatic heterocycles. The second-order valence-electron chi connectivity index (χ2n) is 5.38. The van der Waals surface area contributed by atoms with Crippen molar-refractivity contribution in [3.05, 3.63) is 40.0 Å². The van der Waals surface area contributed by atoms with Crippen LogP contribution in [0.15, 0.2) is 18.7 Å². The van der Waals surface area contributed by atoms with Gasteiger partial charge in [-0.3, -0.25) is 4.68 Å². The number of nitrogens with zero attached hydrogens (tertiary/aromatic N) is 6. The molecule has 6 nitrogen and oxygen atoms in total. The minimum absolute atomic E-state index is 0.639. The van der Waals surface area contributed by atoms with Gasteiger partial charge in [0.05, 0.1) is 16.6 Å². The molecule has 0 fully saturated rings. The summed E-state index contributed by atoms with van der Waals surface area (Å²) in [6.07, 6.45) is 6.85. The fourth-order valence-electron chi connectivity index (χ4n) is 2.82. The predicted molar refractivity (Wildman–Crippen MR) is 91.2 cm³/mol. The third-order valence-electron chi connectivity index (χ3n) is 3.89. The van der Waals surface area contributed by atoms with E-state index in [1.54, 1.807) is 39.3 Å². The molecular weight excluding hydrogens is 332 g/mol. The van der Waals surface area contributed by atoms with Crippen LogP contribution in [0.25, 0.3) is 15.9 Å². The average molecular weight is 347 g/mol. The Kier molecular flexibility index (Phi) is 3.54. The molecule has 0 aromatic carbocycles. The molecule has 0 unspecified atom stereocenters. The largest absolute Gasteiger partial charge is 0.271 e. The van der Waals surface area contributed by atoms with E-state index in [0.717, 1.165) is 28.1 Å². The molecule has 0 spiro atoms. The predicted octanol–water partition coefficient (Wildman–Crippen LogP) is 3.30. The third-order valence-corrected chi connectivity index (χ3v) is 5.14. The summed E-state index contributed by atoms with van der Waals surface area (Å²) in [7, 11) is 0. The molecule has 0 saturated heterocycles. The molecule has 0 radical (unpaired) electrons. The summed E-state index contributed by atoms with van der Waals surface area (Å²) in [5, 5.41) is 10.5. The van der Waals surface area contributed by atoms with Gasteiger partial charge in [-0.15, -0.1) is 16.4 Å². The van der Waals surface area contributed by atoms with Crippen molar-refractivity contribution in [3.63, 3.8) is 0 Å². The van der Waals surface area contributed by atoms with Gasteiger partial charge in [0.1, 0.15) is 11.2 Å². The zero-order valence-electron chi connectivity index (χ0n) is 12.8. The van der Waals surface area contributed by atoms with E-state index >= 15 is 0 Å². The summed E-state index contributed by atoms with van der Waals surface area (Å²) in [6.45, 7) is 5.00. The minimum atomic E-state index is 0.639. The number of halogens is 1. The number of fused-ring (bicyclic) bond motifs is 3. The van der Waals surface area contributed by atoms with Gasteiger partial charge in [-0.05, 0) is 18.9 Å². The summed E-state index contributed by atoms with van der Waals surface area (Å²) >= 11 is 7.60. The molecule has 0 aliphatic carbocycles. The first-order chi connectivity index (χ1) is 11.2. The van der Waals surface area contributed by atoms with Crippen LogP contribution in [0, 0.1) is 6.92 Å². The highest BCUT2D eigenvalue weighted by atomic mass is 35.5. The second kappa shape index (κ2) is 5.58. The molecule has 118 valence electrons. The van der Waals surface area contributed by atoms with Crippen molar-refractivity contribution in [1.82, 2.24) is 29.4 Å². The maximum atomic E-state index is 5.88. The van der Waals surface area contributed by atoms with Crippen molar-refractivity contribution in [1.29, 1.82) is 0 Å². The Morgan fingerprint density at radius 2 is 2.22 bits per heavy atom. The van der Waals surface area contributed by atoms with E-state index < -0.39 is 0 Å². The number of hydrogen-bond acceptors (Lipinski definition) is 5. The van der Waals surface area contributed by atoms with Crippen LogP contribution in [0.5, 0.6) is 0 Å². The first-order valence-corrected chi connectivity index (χ1v) is 8.65. The minimum Gasteiger partial charge on any atom is -0.271 e. The van der Waals surface area contributed by atoms with E-state index in [2.05, 4.69) is 29.0 Å². The lowest BCUT2D eigenvalue weighted by molar-refractivity contribution is 0.600. The zero-order chi connectivity index (χ0) is 16.0. The monoisotopic (exact) mass is 346 g/mol. The summed E-state index contributed by atoms with van der Waals surface area (Å²) in [5.74, 6) is 0.789. The number of rotatable bonds is 4. The number of hydrogen-bond donors (Lipinski definition) is 0. The maximum Gasteiger partial charge on any atom is 0.167 e. The van der Waals surface area contributed by atoms with Crippen LogP contribution in [0.4, 0.5) is 0 Å². The van der Waals surface area contributed by atoms with Crippen molar-refractivity contribution >= 4 is 38.8 Å². The quantitative estimate of drug-likeness (QED) is 0.569. The van der Waals surface area contributed by atoms with Crippen molar-refractivity contribution in [2.24, 2.45) is 0 Å². The molecular formula is C15H15ClN6S. The topological polar surface area (TPSA) is 60.9 Å². The highest BCUT2D eigenvalue weighted by molar-refractivity contribution is 7.18. The molecule has 4 aromatic rings. The first kappa shape index (κ1) is 14.6. The molecule has 23 heavy (non-hydrogen) atoms. The lowest BCUT2D eigenvalue weighted by Gasteiger charge is -1.97. The molecule has 8 heteroatoms. The van der Waals surface area contributed by atoms with Crippen LogP contribution in [-0.4, -0.2) is 29.4 Å². The Morgan fingerprint density at radius 3 is 2.96 bits per heavy atom. The Morgan fingerprint density at radius 1 is 1.35 bits per heavy atom. The highest BCUT2D eigenvalue weighted by Gasteiger charge is 2.15. The first-order valence-electron chi connectivity index (χ1n) is 7.46. The summed E-state index contributed by atoms with van der Waals surface area (Å²) in [6, 6.07) is 0. The molecule has 0 bridgehead atoms. The van der Waals surface area contributed by atoms with E-state index in [9.17, 15) is 0 Å². The summed E-state index contributed by atoms with van der Waals surface area (Å²) < 4.78 is 3.58. The van der Waals surface area contributed by atoms with E-state index in [4.69, 9.17) is 16.6 Å². The van der Waals surface area contributed by atoms with Gasteiger partial charge in [-0.1, -0.05) is 18.5 Å². The molecule has 4 heterocycles. The molecule has 0 saturated carbocycles. The average Bonchev–Trinajstić information content (AvgIpc) is 3.20. The second-order valence-corrected chi connectivity index (χ2v) is 7.02. The van der Waals surface area contributed by atoms with Gasteiger partial charge in [0.15, 0.2) is 11.5 Å². The molecule has 0 N–H and O–H groups in total.